The zero-order chi connectivity index (χ0) is 14.8. The van der Waals surface area contributed by atoms with Crippen molar-refractivity contribution >= 4 is 22.6 Å². The lowest BCUT2D eigenvalue weighted by Crippen LogP contribution is -2.34. The second kappa shape index (κ2) is 5.54. The number of benzene rings is 2. The largest absolute Gasteiger partial charge is 0.424 e. The highest BCUT2D eigenvalue weighted by Gasteiger charge is 2.26. The third-order valence-electron chi connectivity index (χ3n) is 3.69. The summed E-state index contributed by atoms with van der Waals surface area (Å²) < 4.78 is 5.50. The van der Waals surface area contributed by atoms with Gasteiger partial charge in [0.25, 0.3) is 5.91 Å². The molecule has 0 aliphatic carbocycles. The van der Waals surface area contributed by atoms with Crippen LogP contribution in [0, 0.1) is 0 Å². The van der Waals surface area contributed by atoms with Gasteiger partial charge in [0.1, 0.15) is 6.04 Å². The fourth-order valence-corrected chi connectivity index (χ4v) is 2.60. The lowest BCUT2D eigenvalue weighted by molar-refractivity contribution is -0.136. The molecule has 1 aliphatic rings. The van der Waals surface area contributed by atoms with Crippen LogP contribution in [0.3, 0.4) is 0 Å². The first-order valence-corrected chi connectivity index (χ1v) is 6.93. The Hall–Kier alpha value is -2.40. The number of fused-ring (bicyclic) bond motifs is 1. The molecule has 0 bridgehead atoms. The van der Waals surface area contributed by atoms with Crippen LogP contribution >= 0.6 is 0 Å². The molecule has 1 saturated heterocycles. The van der Waals surface area contributed by atoms with E-state index in [1.807, 2.05) is 24.3 Å². The van der Waals surface area contributed by atoms with Gasteiger partial charge in [-0.15, -0.1) is 0 Å². The molecule has 0 aromatic heterocycles. The smallest absolute Gasteiger partial charge is 0.328 e. The Morgan fingerprint density at radius 2 is 2.00 bits per heavy atom. The van der Waals surface area contributed by atoms with E-state index in [0.29, 0.717) is 5.39 Å². The molecule has 21 heavy (non-hydrogen) atoms. The normalized spacial score (nSPS) is 17.8. The van der Waals surface area contributed by atoms with Crippen LogP contribution in [-0.2, 0) is 4.79 Å². The highest BCUT2D eigenvalue weighted by atomic mass is 16.5. The molecule has 2 aromatic carbocycles. The molecule has 108 valence electrons. The monoisotopic (exact) mass is 284 g/mol. The Morgan fingerprint density at radius 3 is 2.71 bits per heavy atom. The van der Waals surface area contributed by atoms with Crippen molar-refractivity contribution in [1.82, 2.24) is 5.32 Å². The van der Waals surface area contributed by atoms with Crippen LogP contribution in [0.1, 0.15) is 23.2 Å². The van der Waals surface area contributed by atoms with E-state index in [1.165, 1.54) is 0 Å². The Labute approximate surface area is 122 Å². The zero-order valence-corrected chi connectivity index (χ0v) is 11.5. The molecule has 1 aliphatic heterocycles. The highest BCUT2D eigenvalue weighted by molar-refractivity contribution is 6.04. The molecule has 3 N–H and O–H groups in total. The maximum atomic E-state index is 12.2. The minimum absolute atomic E-state index is 0.222. The van der Waals surface area contributed by atoms with Crippen molar-refractivity contribution in [3.63, 3.8) is 0 Å². The first-order valence-electron chi connectivity index (χ1n) is 6.93. The van der Waals surface area contributed by atoms with E-state index < -0.39 is 5.91 Å². The van der Waals surface area contributed by atoms with E-state index in [2.05, 4.69) is 5.32 Å². The Balaban J connectivity index is 2.03. The van der Waals surface area contributed by atoms with Crippen molar-refractivity contribution in [3.05, 3.63) is 42.0 Å². The van der Waals surface area contributed by atoms with Crippen molar-refractivity contribution in [3.8, 4) is 5.75 Å². The van der Waals surface area contributed by atoms with Gasteiger partial charge in [-0.25, -0.2) is 4.79 Å². The van der Waals surface area contributed by atoms with Gasteiger partial charge in [0.2, 0.25) is 0 Å². The number of carbonyl (C=O) groups excluding carboxylic acids is 2. The first-order chi connectivity index (χ1) is 10.2. The van der Waals surface area contributed by atoms with Gasteiger partial charge in [-0.2, -0.15) is 0 Å². The topological polar surface area (TPSA) is 81.4 Å². The molecule has 3 rings (SSSR count). The van der Waals surface area contributed by atoms with Crippen molar-refractivity contribution in [1.29, 1.82) is 0 Å². The van der Waals surface area contributed by atoms with Gasteiger partial charge in [0, 0.05) is 5.39 Å². The van der Waals surface area contributed by atoms with Crippen LogP contribution in [0.25, 0.3) is 10.8 Å². The maximum absolute atomic E-state index is 12.2. The number of hydrogen-bond acceptors (Lipinski definition) is 4. The standard InChI is InChI=1S/C16H16N2O3/c17-15(19)12-8-7-10-4-1-2-5-11(10)14(12)21-16(20)13-6-3-9-18-13/h1-2,4-5,7-8,13,18H,3,6,9H2,(H2,17,19)/t13-/m0/s1. The minimum atomic E-state index is -0.608. The van der Waals surface area contributed by atoms with Crippen LogP contribution in [0.4, 0.5) is 0 Å². The molecule has 2 aromatic rings. The van der Waals surface area contributed by atoms with Gasteiger partial charge in [0.15, 0.2) is 5.75 Å². The van der Waals surface area contributed by atoms with Crippen LogP contribution in [0.5, 0.6) is 5.75 Å². The van der Waals surface area contributed by atoms with Gasteiger partial charge in [0.05, 0.1) is 5.56 Å². The molecule has 5 nitrogen and oxygen atoms in total. The van der Waals surface area contributed by atoms with Crippen LogP contribution in [0.2, 0.25) is 0 Å². The van der Waals surface area contributed by atoms with Crippen LogP contribution in [0.15, 0.2) is 36.4 Å². The fraction of sp³-hybridized carbons (Fsp3) is 0.250. The molecule has 1 fully saturated rings. The molecule has 0 radical (unpaired) electrons. The summed E-state index contributed by atoms with van der Waals surface area (Å²) in [5.41, 5.74) is 5.61. The van der Waals surface area contributed by atoms with Crippen molar-refractivity contribution in [2.75, 3.05) is 6.54 Å². The molecule has 1 atom stereocenters. The average Bonchev–Trinajstić information content (AvgIpc) is 3.01. The molecular formula is C16H16N2O3. The number of nitrogens with two attached hydrogens (primary N) is 1. The maximum Gasteiger partial charge on any atom is 0.328 e. The summed E-state index contributed by atoms with van der Waals surface area (Å²) in [6.45, 7) is 0.804. The second-order valence-electron chi connectivity index (χ2n) is 5.10. The van der Waals surface area contributed by atoms with E-state index in [9.17, 15) is 9.59 Å². The third-order valence-corrected chi connectivity index (χ3v) is 3.69. The predicted octanol–water partition coefficient (Wildman–Crippen LogP) is 1.60. The van der Waals surface area contributed by atoms with Crippen molar-refractivity contribution < 1.29 is 14.3 Å². The van der Waals surface area contributed by atoms with Crippen molar-refractivity contribution in [2.45, 2.75) is 18.9 Å². The molecule has 5 heteroatoms. The van der Waals surface area contributed by atoms with Gasteiger partial charge < -0.3 is 15.8 Å². The second-order valence-corrected chi connectivity index (χ2v) is 5.10. The lowest BCUT2D eigenvalue weighted by Gasteiger charge is -2.14. The Morgan fingerprint density at radius 1 is 1.19 bits per heavy atom. The molecule has 0 spiro atoms. The summed E-state index contributed by atoms with van der Waals surface area (Å²) in [5, 5.41) is 4.68. The van der Waals surface area contributed by atoms with E-state index in [0.717, 1.165) is 24.8 Å². The summed E-state index contributed by atoms with van der Waals surface area (Å²) in [7, 11) is 0. The number of primary amides is 1. The lowest BCUT2D eigenvalue weighted by atomic mass is 10.0. The number of rotatable bonds is 3. The van der Waals surface area contributed by atoms with Crippen LogP contribution < -0.4 is 15.8 Å². The van der Waals surface area contributed by atoms with Crippen LogP contribution in [-0.4, -0.2) is 24.5 Å². The summed E-state index contributed by atoms with van der Waals surface area (Å²) in [4.78, 5) is 23.8. The number of amides is 1. The van der Waals surface area contributed by atoms with Crippen molar-refractivity contribution in [2.24, 2.45) is 5.73 Å². The Kier molecular flexibility index (Phi) is 3.58. The molecule has 0 saturated carbocycles. The molecule has 0 unspecified atom stereocenters. The molecule has 1 amide bonds. The zero-order valence-electron chi connectivity index (χ0n) is 11.5. The van der Waals surface area contributed by atoms with Gasteiger partial charge in [-0.05, 0) is 30.8 Å². The number of hydrogen-bond donors (Lipinski definition) is 2. The van der Waals surface area contributed by atoms with E-state index in [-0.39, 0.29) is 23.3 Å². The number of carbonyl (C=O) groups is 2. The predicted molar refractivity (Wildman–Crippen MR) is 79.1 cm³/mol. The van der Waals surface area contributed by atoms with Gasteiger partial charge >= 0.3 is 5.97 Å². The van der Waals surface area contributed by atoms with E-state index in [4.69, 9.17) is 10.5 Å². The summed E-state index contributed by atoms with van der Waals surface area (Å²) >= 11 is 0. The average molecular weight is 284 g/mol. The third kappa shape index (κ3) is 2.60. The number of esters is 1. The first kappa shape index (κ1) is 13.6. The van der Waals surface area contributed by atoms with Gasteiger partial charge in [-0.1, -0.05) is 30.3 Å². The highest BCUT2D eigenvalue weighted by Crippen LogP contribution is 2.30. The van der Waals surface area contributed by atoms with E-state index >= 15 is 0 Å². The summed E-state index contributed by atoms with van der Waals surface area (Å²) in [6, 6.07) is 10.5. The van der Waals surface area contributed by atoms with Gasteiger partial charge in [-0.3, -0.25) is 4.79 Å². The van der Waals surface area contributed by atoms with E-state index in [1.54, 1.807) is 12.1 Å². The Bertz CT molecular complexity index is 706. The fourth-order valence-electron chi connectivity index (χ4n) is 2.60. The quantitative estimate of drug-likeness (QED) is 0.662. The molecule has 1 heterocycles. The molecular weight excluding hydrogens is 268 g/mol. The summed E-state index contributed by atoms with van der Waals surface area (Å²) in [6.07, 6.45) is 1.69. The SMILES string of the molecule is NC(=O)c1ccc2ccccc2c1OC(=O)[C@@H]1CCCN1. The number of nitrogens with one attached hydrogen (secondary N) is 1. The summed E-state index contributed by atoms with van der Waals surface area (Å²) in [5.74, 6) is -0.728. The minimum Gasteiger partial charge on any atom is -0.424 e. The number of ether oxygens (including phenoxy) is 1.